The number of methoxy groups -OCH3 is 1. The molecule has 1 heterocycles. The van der Waals surface area contributed by atoms with E-state index in [1.165, 1.54) is 6.20 Å². The first-order valence-electron chi connectivity index (χ1n) is 4.99. The molecule has 0 fully saturated rings. The second kappa shape index (κ2) is 4.37. The molecule has 0 amide bonds. The second-order valence-corrected chi connectivity index (χ2v) is 3.47. The normalized spacial score (nSPS) is 12.4. The van der Waals surface area contributed by atoms with Crippen LogP contribution in [0.15, 0.2) is 34.9 Å². The molecular formula is C12H13NO3. The number of aliphatic hydroxyl groups excluding tert-OH is 1. The summed E-state index contributed by atoms with van der Waals surface area (Å²) in [5.74, 6) is 1.75. The highest BCUT2D eigenvalue weighted by Gasteiger charge is 2.10. The highest BCUT2D eigenvalue weighted by molar-refractivity contribution is 5.54. The Hall–Kier alpha value is -1.81. The number of hydrogen-bond acceptors (Lipinski definition) is 4. The Kier molecular flexibility index (Phi) is 2.92. The van der Waals surface area contributed by atoms with Gasteiger partial charge in [0.05, 0.1) is 13.3 Å². The van der Waals surface area contributed by atoms with Crippen molar-refractivity contribution in [1.29, 1.82) is 0 Å². The first-order chi connectivity index (χ1) is 7.70. The minimum Gasteiger partial charge on any atom is -0.497 e. The van der Waals surface area contributed by atoms with Crippen LogP contribution in [0.3, 0.4) is 0 Å². The van der Waals surface area contributed by atoms with Crippen molar-refractivity contribution in [3.05, 3.63) is 36.2 Å². The summed E-state index contributed by atoms with van der Waals surface area (Å²) in [6, 6.07) is 7.39. The largest absolute Gasteiger partial charge is 0.497 e. The summed E-state index contributed by atoms with van der Waals surface area (Å²) in [6.07, 6.45) is 0.893. The molecular weight excluding hydrogens is 206 g/mol. The number of aliphatic hydroxyl groups is 1. The average molecular weight is 219 g/mol. The lowest BCUT2D eigenvalue weighted by atomic mass is 10.2. The molecule has 2 rings (SSSR count). The Morgan fingerprint density at radius 3 is 2.50 bits per heavy atom. The van der Waals surface area contributed by atoms with Gasteiger partial charge in [0.1, 0.15) is 11.9 Å². The van der Waals surface area contributed by atoms with Crippen molar-refractivity contribution >= 4 is 0 Å². The zero-order valence-electron chi connectivity index (χ0n) is 9.18. The Balaban J connectivity index is 2.28. The topological polar surface area (TPSA) is 55.5 Å². The van der Waals surface area contributed by atoms with Crippen LogP contribution in [-0.2, 0) is 0 Å². The van der Waals surface area contributed by atoms with Crippen LogP contribution in [-0.4, -0.2) is 17.2 Å². The molecule has 84 valence electrons. The van der Waals surface area contributed by atoms with Gasteiger partial charge < -0.3 is 14.3 Å². The number of nitrogens with zero attached hydrogens (tertiary/aromatic N) is 1. The number of oxazole rings is 1. The molecule has 1 unspecified atom stereocenters. The first-order valence-corrected chi connectivity index (χ1v) is 4.99. The van der Waals surface area contributed by atoms with Gasteiger partial charge in [0.2, 0.25) is 5.89 Å². The smallest absolute Gasteiger partial charge is 0.226 e. The second-order valence-electron chi connectivity index (χ2n) is 3.47. The van der Waals surface area contributed by atoms with Gasteiger partial charge >= 0.3 is 0 Å². The van der Waals surface area contributed by atoms with E-state index in [-0.39, 0.29) is 0 Å². The Labute approximate surface area is 93.5 Å². The van der Waals surface area contributed by atoms with Gasteiger partial charge in [-0.3, -0.25) is 0 Å². The summed E-state index contributed by atoms with van der Waals surface area (Å²) in [4.78, 5) is 4.10. The molecule has 0 saturated carbocycles. The number of aromatic nitrogens is 1. The van der Waals surface area contributed by atoms with Crippen LogP contribution in [0.25, 0.3) is 11.5 Å². The number of hydrogen-bond donors (Lipinski definition) is 1. The summed E-state index contributed by atoms with van der Waals surface area (Å²) in [5, 5.41) is 9.31. The van der Waals surface area contributed by atoms with Gasteiger partial charge in [-0.1, -0.05) is 0 Å². The van der Waals surface area contributed by atoms with Gasteiger partial charge in [-0.05, 0) is 31.2 Å². The fourth-order valence-electron chi connectivity index (χ4n) is 1.35. The quantitative estimate of drug-likeness (QED) is 0.861. The van der Waals surface area contributed by atoms with Crippen LogP contribution in [0.5, 0.6) is 5.75 Å². The third kappa shape index (κ3) is 2.06. The molecule has 2 aromatic rings. The monoisotopic (exact) mass is 219 g/mol. The van der Waals surface area contributed by atoms with Crippen LogP contribution in [0.4, 0.5) is 0 Å². The molecule has 0 aliphatic heterocycles. The molecule has 0 bridgehead atoms. The Bertz CT molecular complexity index is 459. The van der Waals surface area contributed by atoms with E-state index in [0.29, 0.717) is 11.7 Å². The van der Waals surface area contributed by atoms with Crippen molar-refractivity contribution in [2.45, 2.75) is 13.0 Å². The van der Waals surface area contributed by atoms with Gasteiger partial charge in [-0.15, -0.1) is 0 Å². The molecule has 0 radical (unpaired) electrons. The van der Waals surface area contributed by atoms with E-state index in [2.05, 4.69) is 4.98 Å². The number of ether oxygens (including phenoxy) is 1. The van der Waals surface area contributed by atoms with E-state index in [0.717, 1.165) is 11.3 Å². The lowest BCUT2D eigenvalue weighted by Crippen LogP contribution is -1.85. The van der Waals surface area contributed by atoms with E-state index in [1.807, 2.05) is 24.3 Å². The van der Waals surface area contributed by atoms with Gasteiger partial charge in [0.15, 0.2) is 5.76 Å². The molecule has 0 saturated heterocycles. The van der Waals surface area contributed by atoms with E-state index in [4.69, 9.17) is 9.15 Å². The van der Waals surface area contributed by atoms with Crippen LogP contribution >= 0.6 is 0 Å². The molecule has 0 aliphatic rings. The van der Waals surface area contributed by atoms with Crippen molar-refractivity contribution < 1.29 is 14.3 Å². The molecule has 0 aliphatic carbocycles. The van der Waals surface area contributed by atoms with Gasteiger partial charge in [-0.25, -0.2) is 4.98 Å². The summed E-state index contributed by atoms with van der Waals surface area (Å²) in [7, 11) is 1.62. The molecule has 1 aromatic carbocycles. The number of rotatable bonds is 3. The zero-order chi connectivity index (χ0) is 11.5. The molecule has 1 atom stereocenters. The van der Waals surface area contributed by atoms with Crippen molar-refractivity contribution in [3.8, 4) is 17.2 Å². The van der Waals surface area contributed by atoms with Crippen LogP contribution < -0.4 is 4.74 Å². The highest BCUT2D eigenvalue weighted by Crippen LogP contribution is 2.24. The number of benzene rings is 1. The molecule has 16 heavy (non-hydrogen) atoms. The van der Waals surface area contributed by atoms with Crippen LogP contribution in [0.2, 0.25) is 0 Å². The van der Waals surface area contributed by atoms with Crippen LogP contribution in [0, 0.1) is 0 Å². The zero-order valence-corrected chi connectivity index (χ0v) is 9.18. The van der Waals surface area contributed by atoms with Crippen molar-refractivity contribution in [2.75, 3.05) is 7.11 Å². The molecule has 4 nitrogen and oxygen atoms in total. The maximum Gasteiger partial charge on any atom is 0.226 e. The summed E-state index contributed by atoms with van der Waals surface area (Å²) in [5.41, 5.74) is 0.854. The lowest BCUT2D eigenvalue weighted by Gasteiger charge is -2.00. The van der Waals surface area contributed by atoms with Crippen molar-refractivity contribution in [1.82, 2.24) is 4.98 Å². The van der Waals surface area contributed by atoms with Crippen molar-refractivity contribution in [3.63, 3.8) is 0 Å². The van der Waals surface area contributed by atoms with E-state index < -0.39 is 6.10 Å². The van der Waals surface area contributed by atoms with Crippen LogP contribution in [0.1, 0.15) is 18.8 Å². The summed E-state index contributed by atoms with van der Waals surface area (Å²) < 4.78 is 10.5. The summed E-state index contributed by atoms with van der Waals surface area (Å²) >= 11 is 0. The molecule has 0 spiro atoms. The van der Waals surface area contributed by atoms with Crippen molar-refractivity contribution in [2.24, 2.45) is 0 Å². The standard InChI is InChI=1S/C12H13NO3/c1-8(14)11-7-13-12(16-11)9-3-5-10(15-2)6-4-9/h3-8,14H,1-2H3. The first kappa shape index (κ1) is 10.7. The summed E-state index contributed by atoms with van der Waals surface area (Å²) in [6.45, 7) is 1.64. The third-order valence-corrected chi connectivity index (χ3v) is 2.27. The fraction of sp³-hybridized carbons (Fsp3) is 0.250. The lowest BCUT2D eigenvalue weighted by molar-refractivity contribution is 0.170. The average Bonchev–Trinajstić information content (AvgIpc) is 2.78. The van der Waals surface area contributed by atoms with Gasteiger partial charge in [-0.2, -0.15) is 0 Å². The SMILES string of the molecule is COc1ccc(-c2ncc(C(C)O)o2)cc1. The molecule has 1 aromatic heterocycles. The predicted molar refractivity (Wildman–Crippen MR) is 59.1 cm³/mol. The van der Waals surface area contributed by atoms with E-state index in [1.54, 1.807) is 14.0 Å². The maximum atomic E-state index is 9.31. The Morgan fingerprint density at radius 1 is 1.31 bits per heavy atom. The van der Waals surface area contributed by atoms with E-state index >= 15 is 0 Å². The fourth-order valence-corrected chi connectivity index (χ4v) is 1.35. The minimum absolute atomic E-state index is 0.464. The molecule has 1 N–H and O–H groups in total. The highest BCUT2D eigenvalue weighted by atomic mass is 16.5. The maximum absolute atomic E-state index is 9.31. The van der Waals surface area contributed by atoms with E-state index in [9.17, 15) is 5.11 Å². The minimum atomic E-state index is -0.639. The van der Waals surface area contributed by atoms with Gasteiger partial charge in [0.25, 0.3) is 0 Å². The Morgan fingerprint density at radius 2 is 2.00 bits per heavy atom. The van der Waals surface area contributed by atoms with Gasteiger partial charge in [0, 0.05) is 5.56 Å². The third-order valence-electron chi connectivity index (χ3n) is 2.27. The predicted octanol–water partition coefficient (Wildman–Crippen LogP) is 2.40. The molecule has 4 heteroatoms.